The minimum atomic E-state index is -0.143. The van der Waals surface area contributed by atoms with Crippen LogP contribution in [-0.4, -0.2) is 74.0 Å². The van der Waals surface area contributed by atoms with E-state index in [1.54, 1.807) is 0 Å². The minimum Gasteiger partial charge on any atom is -0.469 e. The third kappa shape index (κ3) is 7.12. The van der Waals surface area contributed by atoms with Gasteiger partial charge in [-0.05, 0) is 32.1 Å². The minimum absolute atomic E-state index is 0. The smallest absolute Gasteiger partial charge is 0.310 e. The summed E-state index contributed by atoms with van der Waals surface area (Å²) < 4.78 is 4.92. The second kappa shape index (κ2) is 12.4. The average Bonchev–Trinajstić information content (AvgIpc) is 2.90. The van der Waals surface area contributed by atoms with Crippen molar-refractivity contribution in [3.05, 3.63) is 0 Å². The maximum Gasteiger partial charge on any atom is 0.310 e. The number of methoxy groups -OCH3 is 1. The van der Waals surface area contributed by atoms with Gasteiger partial charge in [0, 0.05) is 45.7 Å². The summed E-state index contributed by atoms with van der Waals surface area (Å²) in [5.74, 6) is 1.15. The maximum atomic E-state index is 12.0. The van der Waals surface area contributed by atoms with Gasteiger partial charge in [-0.1, -0.05) is 13.3 Å². The molecule has 8 heteroatoms. The zero-order valence-electron chi connectivity index (χ0n) is 16.9. The Morgan fingerprint density at radius 2 is 2.07 bits per heavy atom. The predicted octanol–water partition coefficient (Wildman–Crippen LogP) is 2.10. The number of rotatable bonds is 6. The van der Waals surface area contributed by atoms with E-state index in [9.17, 15) is 9.59 Å². The number of aliphatic imine (C=N–C) groups is 1. The van der Waals surface area contributed by atoms with Crippen LogP contribution in [0.4, 0.5) is 0 Å². The van der Waals surface area contributed by atoms with Crippen LogP contribution in [0.3, 0.4) is 0 Å². The molecule has 2 unspecified atom stereocenters. The van der Waals surface area contributed by atoms with Crippen molar-refractivity contribution in [3.8, 4) is 0 Å². The highest BCUT2D eigenvalue weighted by Crippen LogP contribution is 2.24. The van der Waals surface area contributed by atoms with Gasteiger partial charge in [-0.3, -0.25) is 14.6 Å². The summed E-state index contributed by atoms with van der Waals surface area (Å²) in [7, 11) is 1.45. The van der Waals surface area contributed by atoms with E-state index < -0.39 is 0 Å². The molecule has 0 radical (unpaired) electrons. The first-order valence-corrected chi connectivity index (χ1v) is 9.95. The fourth-order valence-electron chi connectivity index (χ4n) is 3.75. The van der Waals surface area contributed by atoms with E-state index in [1.807, 2.05) is 11.8 Å². The van der Waals surface area contributed by atoms with Gasteiger partial charge in [-0.2, -0.15) is 0 Å². The summed E-state index contributed by atoms with van der Waals surface area (Å²) in [5, 5.41) is 3.32. The lowest BCUT2D eigenvalue weighted by molar-refractivity contribution is -0.146. The number of hydrogen-bond acceptors (Lipinski definition) is 4. The Labute approximate surface area is 180 Å². The third-order valence-corrected chi connectivity index (χ3v) is 5.27. The van der Waals surface area contributed by atoms with Gasteiger partial charge in [0.1, 0.15) is 0 Å². The van der Waals surface area contributed by atoms with Crippen molar-refractivity contribution in [2.24, 2.45) is 16.8 Å². The molecule has 0 aromatic heterocycles. The van der Waals surface area contributed by atoms with Crippen molar-refractivity contribution in [2.75, 3.05) is 46.4 Å². The van der Waals surface area contributed by atoms with Gasteiger partial charge >= 0.3 is 5.97 Å². The van der Waals surface area contributed by atoms with E-state index in [4.69, 9.17) is 9.73 Å². The van der Waals surface area contributed by atoms with E-state index in [0.717, 1.165) is 57.8 Å². The molecule has 2 rings (SSSR count). The molecule has 1 N–H and O–H groups in total. The second-order valence-corrected chi connectivity index (χ2v) is 7.29. The molecule has 2 heterocycles. The molecule has 0 saturated carbocycles. The van der Waals surface area contributed by atoms with Crippen LogP contribution in [0.1, 0.15) is 46.0 Å². The third-order valence-electron chi connectivity index (χ3n) is 5.27. The van der Waals surface area contributed by atoms with Crippen molar-refractivity contribution < 1.29 is 14.3 Å². The Kier molecular flexibility index (Phi) is 11.0. The summed E-state index contributed by atoms with van der Waals surface area (Å²) in [4.78, 5) is 32.8. The Hall–Kier alpha value is -1.06. The van der Waals surface area contributed by atoms with Crippen LogP contribution in [0.2, 0.25) is 0 Å². The van der Waals surface area contributed by atoms with E-state index >= 15 is 0 Å². The number of carbonyl (C=O) groups is 2. The SMILES string of the molecule is CCNC(=NCCCN1CCCCCC1=O)N1CC(C)C(C(=O)OC)C1.I. The first kappa shape index (κ1) is 24.0. The predicted molar refractivity (Wildman–Crippen MR) is 117 cm³/mol. The number of ether oxygens (including phenoxy) is 1. The van der Waals surface area contributed by atoms with Gasteiger partial charge in [0.05, 0.1) is 13.0 Å². The molecule has 2 fully saturated rings. The van der Waals surface area contributed by atoms with E-state index in [1.165, 1.54) is 7.11 Å². The number of likely N-dealkylation sites (tertiary alicyclic amines) is 2. The molecule has 156 valence electrons. The summed E-state index contributed by atoms with van der Waals surface area (Å²) in [6.07, 6.45) is 4.83. The number of nitrogens with one attached hydrogen (secondary N) is 1. The van der Waals surface area contributed by atoms with E-state index in [2.05, 4.69) is 17.1 Å². The zero-order valence-corrected chi connectivity index (χ0v) is 19.2. The molecular weight excluding hydrogens is 459 g/mol. The van der Waals surface area contributed by atoms with E-state index in [-0.39, 0.29) is 47.7 Å². The Morgan fingerprint density at radius 3 is 2.78 bits per heavy atom. The van der Waals surface area contributed by atoms with Crippen LogP contribution in [-0.2, 0) is 14.3 Å². The highest BCUT2D eigenvalue weighted by atomic mass is 127. The van der Waals surface area contributed by atoms with Gasteiger partial charge in [-0.15, -0.1) is 24.0 Å². The lowest BCUT2D eigenvalue weighted by Crippen LogP contribution is -2.41. The van der Waals surface area contributed by atoms with Crippen molar-refractivity contribution in [2.45, 2.75) is 46.0 Å². The van der Waals surface area contributed by atoms with Crippen molar-refractivity contribution in [3.63, 3.8) is 0 Å². The number of nitrogens with zero attached hydrogens (tertiary/aromatic N) is 3. The summed E-state index contributed by atoms with van der Waals surface area (Å²) in [6, 6.07) is 0. The molecule has 0 aromatic rings. The molecule has 0 aliphatic carbocycles. The molecule has 0 spiro atoms. The molecule has 27 heavy (non-hydrogen) atoms. The van der Waals surface area contributed by atoms with Crippen LogP contribution in [0.5, 0.6) is 0 Å². The molecule has 2 atom stereocenters. The van der Waals surface area contributed by atoms with Gasteiger partial charge < -0.3 is 19.9 Å². The average molecular weight is 494 g/mol. The molecule has 7 nitrogen and oxygen atoms in total. The highest BCUT2D eigenvalue weighted by Gasteiger charge is 2.36. The normalized spacial score (nSPS) is 23.7. The highest BCUT2D eigenvalue weighted by molar-refractivity contribution is 14.0. The first-order chi connectivity index (χ1) is 12.6. The number of halogens is 1. The standard InChI is InChI=1S/C19H34N4O3.HI/c1-4-20-19(23-13-15(2)16(14-23)18(25)26-3)21-10-8-12-22-11-7-5-6-9-17(22)24;/h15-16H,4-14H2,1-3H3,(H,20,21);1H. The Morgan fingerprint density at radius 1 is 1.30 bits per heavy atom. The summed E-state index contributed by atoms with van der Waals surface area (Å²) in [5.41, 5.74) is 0. The lowest BCUT2D eigenvalue weighted by Gasteiger charge is -2.22. The lowest BCUT2D eigenvalue weighted by atomic mass is 9.99. The number of carbonyl (C=O) groups excluding carboxylic acids is 2. The second-order valence-electron chi connectivity index (χ2n) is 7.29. The maximum absolute atomic E-state index is 12.0. The molecule has 2 aliphatic heterocycles. The first-order valence-electron chi connectivity index (χ1n) is 9.95. The van der Waals surface area contributed by atoms with Crippen LogP contribution in [0.15, 0.2) is 4.99 Å². The molecule has 0 aromatic carbocycles. The van der Waals surface area contributed by atoms with Crippen LogP contribution < -0.4 is 5.32 Å². The number of esters is 1. The topological polar surface area (TPSA) is 74.2 Å². The quantitative estimate of drug-likeness (QED) is 0.201. The van der Waals surface area contributed by atoms with Crippen LogP contribution in [0, 0.1) is 11.8 Å². The number of hydrogen-bond donors (Lipinski definition) is 1. The molecule has 1 amide bonds. The number of amides is 1. The molecular formula is C19H35IN4O3. The Bertz CT molecular complexity index is 515. The van der Waals surface area contributed by atoms with Gasteiger partial charge in [-0.25, -0.2) is 0 Å². The molecule has 2 saturated heterocycles. The van der Waals surface area contributed by atoms with Crippen molar-refractivity contribution in [1.82, 2.24) is 15.1 Å². The van der Waals surface area contributed by atoms with Crippen molar-refractivity contribution >= 4 is 41.8 Å². The van der Waals surface area contributed by atoms with Crippen LogP contribution >= 0.6 is 24.0 Å². The zero-order chi connectivity index (χ0) is 18.9. The van der Waals surface area contributed by atoms with E-state index in [0.29, 0.717) is 19.5 Å². The fourth-order valence-corrected chi connectivity index (χ4v) is 3.75. The van der Waals surface area contributed by atoms with Gasteiger partial charge in [0.2, 0.25) is 5.91 Å². The molecule has 0 bridgehead atoms. The molecule has 2 aliphatic rings. The summed E-state index contributed by atoms with van der Waals surface area (Å²) >= 11 is 0. The van der Waals surface area contributed by atoms with Gasteiger partial charge in [0.15, 0.2) is 5.96 Å². The largest absolute Gasteiger partial charge is 0.469 e. The number of guanidine groups is 1. The monoisotopic (exact) mass is 494 g/mol. The Balaban J connectivity index is 0.00000364. The van der Waals surface area contributed by atoms with Crippen molar-refractivity contribution in [1.29, 1.82) is 0 Å². The fraction of sp³-hybridized carbons (Fsp3) is 0.842. The van der Waals surface area contributed by atoms with Gasteiger partial charge in [0.25, 0.3) is 0 Å². The summed E-state index contributed by atoms with van der Waals surface area (Å²) in [6.45, 7) is 8.70. The van der Waals surface area contributed by atoms with Crippen LogP contribution in [0.25, 0.3) is 0 Å².